The largest absolute Gasteiger partial charge is 0.507 e. The summed E-state index contributed by atoms with van der Waals surface area (Å²) in [5, 5.41) is 19.3. The third-order valence-electron chi connectivity index (χ3n) is 4.33. The van der Waals surface area contributed by atoms with Crippen molar-refractivity contribution in [3.8, 4) is 17.2 Å². The Kier molecular flexibility index (Phi) is 5.47. The molecule has 3 rings (SSSR count). The van der Waals surface area contributed by atoms with Crippen LogP contribution in [0.15, 0.2) is 52.0 Å². The number of carbonyl (C=O) groups is 1. The highest BCUT2D eigenvalue weighted by Gasteiger charge is 2.20. The summed E-state index contributed by atoms with van der Waals surface area (Å²) >= 11 is 3.29. The van der Waals surface area contributed by atoms with Gasteiger partial charge in [0, 0.05) is 11.1 Å². The molecule has 0 heterocycles. The van der Waals surface area contributed by atoms with E-state index in [0.717, 1.165) is 41.5 Å². The van der Waals surface area contributed by atoms with Crippen LogP contribution in [-0.2, 0) is 4.79 Å². The van der Waals surface area contributed by atoms with E-state index in [2.05, 4.69) is 15.9 Å². The topological polar surface area (TPSA) is 66.8 Å². The lowest BCUT2D eigenvalue weighted by molar-refractivity contribution is -0.112. The van der Waals surface area contributed by atoms with Gasteiger partial charge >= 0.3 is 0 Å². The van der Waals surface area contributed by atoms with Crippen LogP contribution in [0.3, 0.4) is 0 Å². The van der Waals surface area contributed by atoms with Crippen molar-refractivity contribution in [2.45, 2.75) is 19.3 Å². The summed E-state index contributed by atoms with van der Waals surface area (Å²) in [6, 6.07) is 10.2. The summed E-state index contributed by atoms with van der Waals surface area (Å²) in [6.45, 7) is 0. The molecule has 0 unspecified atom stereocenters. The van der Waals surface area contributed by atoms with E-state index in [1.54, 1.807) is 36.4 Å². The molecule has 0 spiro atoms. The van der Waals surface area contributed by atoms with Gasteiger partial charge in [0.1, 0.15) is 5.75 Å². The highest BCUT2D eigenvalue weighted by atomic mass is 79.9. The molecule has 2 aromatic rings. The number of aromatic hydroxyl groups is 2. The molecule has 134 valence electrons. The molecule has 1 aliphatic rings. The summed E-state index contributed by atoms with van der Waals surface area (Å²) in [5.41, 5.74) is 3.18. The van der Waals surface area contributed by atoms with Gasteiger partial charge in [-0.25, -0.2) is 0 Å². The minimum atomic E-state index is 0.0347. The molecular weight excluding hydrogens is 396 g/mol. The summed E-state index contributed by atoms with van der Waals surface area (Å²) in [4.78, 5) is 12.8. The summed E-state index contributed by atoms with van der Waals surface area (Å²) in [5.74, 6) is 0.659. The molecule has 0 radical (unpaired) electrons. The van der Waals surface area contributed by atoms with Gasteiger partial charge < -0.3 is 14.9 Å². The van der Waals surface area contributed by atoms with Crippen LogP contribution in [0, 0.1) is 0 Å². The number of ether oxygens (including phenoxy) is 1. The lowest BCUT2D eigenvalue weighted by Crippen LogP contribution is -2.12. The minimum absolute atomic E-state index is 0.0347. The highest BCUT2D eigenvalue weighted by molar-refractivity contribution is 9.10. The Bertz CT molecular complexity index is 912. The zero-order chi connectivity index (χ0) is 18.7. The van der Waals surface area contributed by atoms with Crippen LogP contribution in [-0.4, -0.2) is 23.1 Å². The van der Waals surface area contributed by atoms with E-state index in [-0.39, 0.29) is 17.3 Å². The Morgan fingerprint density at radius 1 is 0.962 bits per heavy atom. The van der Waals surface area contributed by atoms with Crippen LogP contribution in [0.5, 0.6) is 17.2 Å². The van der Waals surface area contributed by atoms with E-state index < -0.39 is 0 Å². The molecule has 0 saturated heterocycles. The molecule has 0 aromatic heterocycles. The number of methoxy groups -OCH3 is 1. The van der Waals surface area contributed by atoms with Crippen LogP contribution < -0.4 is 4.74 Å². The van der Waals surface area contributed by atoms with Gasteiger partial charge in [-0.3, -0.25) is 4.79 Å². The molecule has 1 aliphatic carbocycles. The van der Waals surface area contributed by atoms with E-state index in [1.165, 1.54) is 7.11 Å². The van der Waals surface area contributed by atoms with Crippen molar-refractivity contribution in [2.75, 3.05) is 7.11 Å². The third-order valence-corrected chi connectivity index (χ3v) is 4.97. The van der Waals surface area contributed by atoms with E-state index in [0.29, 0.717) is 10.2 Å². The lowest BCUT2D eigenvalue weighted by Gasteiger charge is -2.17. The molecule has 5 heteroatoms. The number of Topliss-reactive ketones (excluding diaryl/α,β-unsaturated/α-hetero) is 1. The zero-order valence-corrected chi connectivity index (χ0v) is 15.9. The lowest BCUT2D eigenvalue weighted by atomic mass is 9.87. The Labute approximate surface area is 160 Å². The van der Waals surface area contributed by atoms with E-state index in [9.17, 15) is 15.0 Å². The highest BCUT2D eigenvalue weighted by Crippen LogP contribution is 2.32. The van der Waals surface area contributed by atoms with Crippen molar-refractivity contribution >= 4 is 33.9 Å². The molecule has 4 nitrogen and oxygen atoms in total. The standard InChI is InChI=1S/C21H19BrO4/c1-26-20-12-14(6-8-19(20)24)10-16-4-2-3-15(21(16)25)9-13-5-7-18(23)17(22)11-13/h5-12,23-24H,2-4H2,1H3/b15-9+,16-10+. The molecule has 0 amide bonds. The zero-order valence-electron chi connectivity index (χ0n) is 14.3. The van der Waals surface area contributed by atoms with Gasteiger partial charge in [0.15, 0.2) is 17.3 Å². The minimum Gasteiger partial charge on any atom is -0.507 e. The Morgan fingerprint density at radius 3 is 2.12 bits per heavy atom. The quantitative estimate of drug-likeness (QED) is 0.686. The fourth-order valence-corrected chi connectivity index (χ4v) is 3.37. The number of phenols is 2. The van der Waals surface area contributed by atoms with Crippen molar-refractivity contribution in [3.05, 3.63) is 63.1 Å². The smallest absolute Gasteiger partial charge is 0.185 e. The number of halogens is 1. The maximum Gasteiger partial charge on any atom is 0.185 e. The first-order chi connectivity index (χ1) is 12.5. The number of carbonyl (C=O) groups excluding carboxylic acids is 1. The van der Waals surface area contributed by atoms with Crippen LogP contribution in [0.1, 0.15) is 30.4 Å². The fourth-order valence-electron chi connectivity index (χ4n) is 2.98. The van der Waals surface area contributed by atoms with Crippen LogP contribution in [0.4, 0.5) is 0 Å². The molecular formula is C21H19BrO4. The van der Waals surface area contributed by atoms with Crippen LogP contribution in [0.2, 0.25) is 0 Å². The first kappa shape index (κ1) is 18.3. The molecule has 2 N–H and O–H groups in total. The monoisotopic (exact) mass is 414 g/mol. The Morgan fingerprint density at radius 2 is 1.54 bits per heavy atom. The first-order valence-corrected chi connectivity index (χ1v) is 9.08. The summed E-state index contributed by atoms with van der Waals surface area (Å²) in [6.07, 6.45) is 6.07. The second-order valence-corrected chi connectivity index (χ2v) is 7.02. The molecule has 26 heavy (non-hydrogen) atoms. The third kappa shape index (κ3) is 3.99. The second kappa shape index (κ2) is 7.79. The maximum atomic E-state index is 12.8. The molecule has 0 bridgehead atoms. The number of hydrogen-bond acceptors (Lipinski definition) is 4. The number of phenolic OH excluding ortho intramolecular Hbond substituents is 2. The molecule has 2 aromatic carbocycles. The number of benzene rings is 2. The number of rotatable bonds is 3. The van der Waals surface area contributed by atoms with Gasteiger partial charge in [-0.05, 0) is 82.7 Å². The normalized spacial score (nSPS) is 17.7. The van der Waals surface area contributed by atoms with Crippen molar-refractivity contribution in [2.24, 2.45) is 0 Å². The molecule has 0 aliphatic heterocycles. The number of allylic oxidation sites excluding steroid dienone is 2. The van der Waals surface area contributed by atoms with Gasteiger partial charge in [0.2, 0.25) is 0 Å². The van der Waals surface area contributed by atoms with Gasteiger partial charge in [0.05, 0.1) is 11.6 Å². The average molecular weight is 415 g/mol. The predicted molar refractivity (Wildman–Crippen MR) is 105 cm³/mol. The summed E-state index contributed by atoms with van der Waals surface area (Å²) in [7, 11) is 1.49. The summed E-state index contributed by atoms with van der Waals surface area (Å²) < 4.78 is 5.72. The van der Waals surface area contributed by atoms with Crippen molar-refractivity contribution < 1.29 is 19.7 Å². The van der Waals surface area contributed by atoms with E-state index in [4.69, 9.17) is 4.74 Å². The Balaban J connectivity index is 1.89. The van der Waals surface area contributed by atoms with Gasteiger partial charge in [-0.15, -0.1) is 0 Å². The van der Waals surface area contributed by atoms with Crippen molar-refractivity contribution in [1.82, 2.24) is 0 Å². The van der Waals surface area contributed by atoms with Gasteiger partial charge in [0.25, 0.3) is 0 Å². The van der Waals surface area contributed by atoms with Gasteiger partial charge in [-0.2, -0.15) is 0 Å². The second-order valence-electron chi connectivity index (χ2n) is 6.16. The molecule has 0 atom stereocenters. The molecule has 1 saturated carbocycles. The van der Waals surface area contributed by atoms with Gasteiger partial charge in [-0.1, -0.05) is 12.1 Å². The Hall–Kier alpha value is -2.53. The average Bonchev–Trinajstić information content (AvgIpc) is 2.63. The SMILES string of the molecule is COc1cc(/C=C2\CCC/C(=C\c3ccc(O)c(Br)c3)C2=O)ccc1O. The van der Waals surface area contributed by atoms with Crippen LogP contribution >= 0.6 is 15.9 Å². The first-order valence-electron chi connectivity index (χ1n) is 8.29. The molecule has 1 fully saturated rings. The van der Waals surface area contributed by atoms with Crippen molar-refractivity contribution in [3.63, 3.8) is 0 Å². The maximum absolute atomic E-state index is 12.8. The predicted octanol–water partition coefficient (Wildman–Crippen LogP) is 5.09. The van der Waals surface area contributed by atoms with Crippen LogP contribution in [0.25, 0.3) is 12.2 Å². The number of hydrogen-bond donors (Lipinski definition) is 2. The number of ketones is 1. The van der Waals surface area contributed by atoms with Crippen molar-refractivity contribution in [1.29, 1.82) is 0 Å². The fraction of sp³-hybridized carbons (Fsp3) is 0.190. The van der Waals surface area contributed by atoms with E-state index >= 15 is 0 Å². The van der Waals surface area contributed by atoms with E-state index in [1.807, 2.05) is 12.2 Å².